The minimum Gasteiger partial charge on any atom is -0.462 e. The minimum atomic E-state index is -0.723. The molecule has 0 aliphatic carbocycles. The summed E-state index contributed by atoms with van der Waals surface area (Å²) in [5, 5.41) is 0.0417. The van der Waals surface area contributed by atoms with Gasteiger partial charge >= 0.3 is 5.97 Å². The Bertz CT molecular complexity index is 1670. The summed E-state index contributed by atoms with van der Waals surface area (Å²) < 4.78 is 23.2. The Morgan fingerprint density at radius 2 is 2.14 bits per heavy atom. The van der Waals surface area contributed by atoms with E-state index in [1.807, 2.05) is 29.2 Å². The zero-order valence-corrected chi connectivity index (χ0v) is 19.6. The van der Waals surface area contributed by atoms with E-state index in [-0.39, 0.29) is 29.3 Å². The van der Waals surface area contributed by atoms with Crippen molar-refractivity contribution in [2.24, 2.45) is 0 Å². The zero-order chi connectivity index (χ0) is 24.1. The predicted octanol–water partition coefficient (Wildman–Crippen LogP) is 4.16. The van der Waals surface area contributed by atoms with Gasteiger partial charge in [0, 0.05) is 37.6 Å². The lowest BCUT2D eigenvalue weighted by atomic mass is 10.1. The molecular weight excluding hydrogens is 469 g/mol. The molecule has 0 N–H and O–H groups in total. The molecule has 0 amide bonds. The van der Waals surface area contributed by atoms with E-state index < -0.39 is 17.2 Å². The van der Waals surface area contributed by atoms with Crippen molar-refractivity contribution in [3.63, 3.8) is 0 Å². The monoisotopic (exact) mass is 489 g/mol. The standard InChI is InChI=1S/C25H20FN5O3S/c1-2-34-25(33)20-21(32)15-11-16(26)23(30-10-7-14(13-30)17-12-27-8-9-28-17)29-22(15)31-18-5-3-4-6-19(18)35-24(20)31/h3-6,8-9,11-12,14H,2,7,10,13H2,1H3. The number of pyridine rings is 2. The molecule has 8 nitrogen and oxygen atoms in total. The van der Waals surface area contributed by atoms with Crippen LogP contribution in [-0.2, 0) is 4.74 Å². The molecule has 0 spiro atoms. The van der Waals surface area contributed by atoms with Crippen LogP contribution in [0.3, 0.4) is 0 Å². The van der Waals surface area contributed by atoms with Crippen LogP contribution in [0, 0.1) is 5.82 Å². The van der Waals surface area contributed by atoms with Crippen LogP contribution < -0.4 is 10.3 Å². The molecule has 0 bridgehead atoms. The third-order valence-corrected chi connectivity index (χ3v) is 7.46. The molecule has 1 aliphatic heterocycles. The van der Waals surface area contributed by atoms with Crippen LogP contribution in [0.2, 0.25) is 0 Å². The molecule has 6 rings (SSSR count). The van der Waals surface area contributed by atoms with Gasteiger partial charge in [-0.1, -0.05) is 12.1 Å². The van der Waals surface area contributed by atoms with Crippen molar-refractivity contribution in [3.8, 4) is 0 Å². The number of nitrogens with zero attached hydrogens (tertiary/aromatic N) is 5. The van der Waals surface area contributed by atoms with Crippen molar-refractivity contribution in [1.29, 1.82) is 0 Å². The number of anilines is 1. The van der Waals surface area contributed by atoms with Crippen LogP contribution in [0.25, 0.3) is 26.1 Å². The number of aromatic nitrogens is 4. The van der Waals surface area contributed by atoms with Crippen molar-refractivity contribution in [2.45, 2.75) is 19.3 Å². The number of rotatable bonds is 4. The molecule has 1 fully saturated rings. The summed E-state index contributed by atoms with van der Waals surface area (Å²) in [4.78, 5) is 41.7. The number of hydrogen-bond donors (Lipinski definition) is 0. The molecule has 10 heteroatoms. The number of thiazole rings is 1. The van der Waals surface area contributed by atoms with Crippen LogP contribution in [0.4, 0.5) is 10.2 Å². The molecule has 4 aromatic heterocycles. The number of carbonyl (C=O) groups is 1. The second kappa shape index (κ2) is 8.38. The van der Waals surface area contributed by atoms with E-state index in [4.69, 9.17) is 4.74 Å². The summed E-state index contributed by atoms with van der Waals surface area (Å²) in [7, 11) is 0. The van der Waals surface area contributed by atoms with E-state index >= 15 is 4.39 Å². The average Bonchev–Trinajstić information content (AvgIpc) is 3.50. The highest BCUT2D eigenvalue weighted by Gasteiger charge is 2.30. The first-order valence-corrected chi connectivity index (χ1v) is 12.1. The maximum atomic E-state index is 15.4. The smallest absolute Gasteiger partial charge is 0.345 e. The van der Waals surface area contributed by atoms with Crippen molar-refractivity contribution in [2.75, 3.05) is 24.6 Å². The topological polar surface area (TPSA) is 89.7 Å². The fourth-order valence-electron chi connectivity index (χ4n) is 4.72. The van der Waals surface area contributed by atoms with Gasteiger partial charge in [-0.2, -0.15) is 0 Å². The van der Waals surface area contributed by atoms with Gasteiger partial charge in [-0.05, 0) is 31.5 Å². The summed E-state index contributed by atoms with van der Waals surface area (Å²) in [5.74, 6) is -1.05. The van der Waals surface area contributed by atoms with Gasteiger partial charge in [-0.25, -0.2) is 14.2 Å². The van der Waals surface area contributed by atoms with Gasteiger partial charge in [0.2, 0.25) is 5.43 Å². The lowest BCUT2D eigenvalue weighted by molar-refractivity contribution is 0.0527. The third-order valence-electron chi connectivity index (χ3n) is 6.32. The average molecular weight is 490 g/mol. The Labute approximate surface area is 202 Å². The quantitative estimate of drug-likeness (QED) is 0.350. The maximum absolute atomic E-state index is 15.4. The number of para-hydroxylation sites is 1. The molecule has 1 saturated heterocycles. The fraction of sp³-hybridized carbons (Fsp3) is 0.240. The predicted molar refractivity (Wildman–Crippen MR) is 132 cm³/mol. The second-order valence-corrected chi connectivity index (χ2v) is 9.39. The summed E-state index contributed by atoms with van der Waals surface area (Å²) in [6, 6.07) is 8.76. The van der Waals surface area contributed by atoms with Crippen molar-refractivity contribution >= 4 is 49.2 Å². The lowest BCUT2D eigenvalue weighted by Gasteiger charge is -2.19. The Hall–Kier alpha value is -3.92. The van der Waals surface area contributed by atoms with E-state index in [2.05, 4.69) is 15.0 Å². The van der Waals surface area contributed by atoms with E-state index in [9.17, 15) is 9.59 Å². The minimum absolute atomic E-state index is 0.0417. The number of fused-ring (bicyclic) bond motifs is 5. The number of hydrogen-bond acceptors (Lipinski definition) is 8. The summed E-state index contributed by atoms with van der Waals surface area (Å²) >= 11 is 1.31. The molecule has 0 saturated carbocycles. The molecule has 1 unspecified atom stereocenters. The van der Waals surface area contributed by atoms with Crippen molar-refractivity contribution in [3.05, 3.63) is 76.2 Å². The lowest BCUT2D eigenvalue weighted by Crippen LogP contribution is -2.24. The SMILES string of the molecule is CCOC(=O)c1c(=O)c2cc(F)c(N3CCC(c4cnccn4)C3)nc2n2c1sc1ccccc12. The Morgan fingerprint density at radius 3 is 2.94 bits per heavy atom. The Kier molecular flexibility index (Phi) is 5.18. The second-order valence-electron chi connectivity index (χ2n) is 8.36. The van der Waals surface area contributed by atoms with E-state index in [1.165, 1.54) is 17.4 Å². The van der Waals surface area contributed by atoms with Gasteiger partial charge < -0.3 is 9.64 Å². The van der Waals surface area contributed by atoms with Gasteiger partial charge in [0.15, 0.2) is 17.3 Å². The molecule has 1 atom stereocenters. The maximum Gasteiger partial charge on any atom is 0.345 e. The molecular formula is C25H20FN5O3S. The number of benzene rings is 1. The van der Waals surface area contributed by atoms with Gasteiger partial charge in [-0.15, -0.1) is 11.3 Å². The van der Waals surface area contributed by atoms with Crippen LogP contribution in [0.15, 0.2) is 53.7 Å². The van der Waals surface area contributed by atoms with Gasteiger partial charge in [0.1, 0.15) is 10.4 Å². The highest BCUT2D eigenvalue weighted by molar-refractivity contribution is 7.24. The van der Waals surface area contributed by atoms with E-state index in [0.717, 1.165) is 22.3 Å². The van der Waals surface area contributed by atoms with E-state index in [1.54, 1.807) is 29.9 Å². The number of esters is 1. The molecule has 176 valence electrons. The van der Waals surface area contributed by atoms with Crippen molar-refractivity contribution in [1.82, 2.24) is 19.4 Å². The van der Waals surface area contributed by atoms with Gasteiger partial charge in [0.05, 0.1) is 27.9 Å². The zero-order valence-electron chi connectivity index (χ0n) is 18.8. The van der Waals surface area contributed by atoms with E-state index in [0.29, 0.717) is 23.6 Å². The van der Waals surface area contributed by atoms with Crippen molar-refractivity contribution < 1.29 is 13.9 Å². The molecule has 0 radical (unpaired) electrons. The summed E-state index contributed by atoms with van der Waals surface area (Å²) in [6.45, 7) is 2.94. The van der Waals surface area contributed by atoms with Crippen LogP contribution in [-0.4, -0.2) is 45.0 Å². The molecule has 35 heavy (non-hydrogen) atoms. The number of halogens is 1. The first-order chi connectivity index (χ1) is 17.1. The summed E-state index contributed by atoms with van der Waals surface area (Å²) in [5.41, 5.74) is 1.28. The first-order valence-electron chi connectivity index (χ1n) is 11.3. The highest BCUT2D eigenvalue weighted by Crippen LogP contribution is 2.34. The third kappa shape index (κ3) is 3.44. The fourth-order valence-corrected chi connectivity index (χ4v) is 5.89. The van der Waals surface area contributed by atoms with Crippen LogP contribution >= 0.6 is 11.3 Å². The van der Waals surface area contributed by atoms with Crippen LogP contribution in [0.1, 0.15) is 35.3 Å². The first kappa shape index (κ1) is 21.6. The largest absolute Gasteiger partial charge is 0.462 e. The molecule has 5 aromatic rings. The highest BCUT2D eigenvalue weighted by atomic mass is 32.1. The van der Waals surface area contributed by atoms with Gasteiger partial charge in [-0.3, -0.25) is 19.2 Å². The summed E-state index contributed by atoms with van der Waals surface area (Å²) in [6.07, 6.45) is 5.80. The Morgan fingerprint density at radius 1 is 1.29 bits per heavy atom. The molecule has 1 aromatic carbocycles. The van der Waals surface area contributed by atoms with Crippen LogP contribution in [0.5, 0.6) is 0 Å². The number of ether oxygens (including phenoxy) is 1. The molecule has 5 heterocycles. The Balaban J connectivity index is 1.57. The molecule has 1 aliphatic rings. The normalized spacial score (nSPS) is 15.9. The number of carbonyl (C=O) groups excluding carboxylic acids is 1. The van der Waals surface area contributed by atoms with Gasteiger partial charge in [0.25, 0.3) is 0 Å².